The molecule has 3 nitrogen and oxygen atoms in total. The van der Waals surface area contributed by atoms with Gasteiger partial charge in [-0.25, -0.2) is 4.99 Å². The molecule has 0 atom stereocenters. The van der Waals surface area contributed by atoms with Gasteiger partial charge >= 0.3 is 0 Å². The van der Waals surface area contributed by atoms with Gasteiger partial charge in [-0.2, -0.15) is 0 Å². The number of Topliss-reactive ketones (excluding diaryl/α,β-unsaturated/α-hetero) is 1. The minimum absolute atomic E-state index is 0.211. The fourth-order valence-electron chi connectivity index (χ4n) is 0.570. The van der Waals surface area contributed by atoms with Crippen LogP contribution in [0.15, 0.2) is 4.99 Å². The Morgan fingerprint density at radius 1 is 1.70 bits per heavy atom. The Kier molecular flexibility index (Phi) is 5.53. The molecule has 0 saturated carbocycles. The molecule has 0 aliphatic heterocycles. The third-order valence-electron chi connectivity index (χ3n) is 1.04. The average molecular weight is 140 g/mol. The van der Waals surface area contributed by atoms with Crippen LogP contribution in [0.4, 0.5) is 0 Å². The Bertz CT molecular complexity index is 141. The van der Waals surface area contributed by atoms with Gasteiger partial charge in [0.25, 0.3) is 0 Å². The molecule has 0 bridgehead atoms. The number of carbonyl (C=O) groups excluding carboxylic acids is 1. The quantitative estimate of drug-likeness (QED) is 0.350. The topological polar surface area (TPSA) is 53.3 Å². The van der Waals surface area contributed by atoms with Crippen molar-refractivity contribution in [3.05, 3.63) is 0 Å². The summed E-state index contributed by atoms with van der Waals surface area (Å²) in [4.78, 5) is 14.0. The fourth-order valence-corrected chi connectivity index (χ4v) is 0.570. The average Bonchev–Trinajstić information content (AvgIpc) is 1.87. The van der Waals surface area contributed by atoms with Gasteiger partial charge in [0.2, 0.25) is 0 Å². The lowest BCUT2D eigenvalue weighted by atomic mass is 10.2. The fraction of sp³-hybridized carbons (Fsp3) is 0.571. The monoisotopic (exact) mass is 140 g/mol. The second-order valence-corrected chi connectivity index (χ2v) is 2.05. The van der Waals surface area contributed by atoms with Crippen LogP contribution >= 0.6 is 0 Å². The molecule has 0 amide bonds. The predicted molar refractivity (Wildman–Crippen MR) is 41.8 cm³/mol. The van der Waals surface area contributed by atoms with Crippen LogP contribution in [0.25, 0.3) is 0 Å². The van der Waals surface area contributed by atoms with Gasteiger partial charge < -0.3 is 4.79 Å². The Morgan fingerprint density at radius 2 is 2.40 bits per heavy atom. The van der Waals surface area contributed by atoms with Gasteiger partial charge in [-0.05, 0) is 19.8 Å². The highest BCUT2D eigenvalue weighted by atomic mass is 16.1. The molecular formula is C7H12N2O. The molecular weight excluding hydrogens is 128 g/mol. The number of nitrogens with one attached hydrogen (secondary N) is 1. The third-order valence-corrected chi connectivity index (χ3v) is 1.04. The molecule has 0 spiro atoms. The maximum atomic E-state index is 10.4. The maximum absolute atomic E-state index is 10.4. The smallest absolute Gasteiger partial charge is 0.129 e. The van der Waals surface area contributed by atoms with E-state index in [0.717, 1.165) is 19.2 Å². The Morgan fingerprint density at radius 3 is 2.90 bits per heavy atom. The van der Waals surface area contributed by atoms with Gasteiger partial charge in [-0.3, -0.25) is 5.41 Å². The van der Waals surface area contributed by atoms with E-state index in [0.29, 0.717) is 6.42 Å². The number of rotatable bonds is 5. The number of hydrogen-bond donors (Lipinski definition) is 1. The Hall–Kier alpha value is -0.990. The van der Waals surface area contributed by atoms with Crippen LogP contribution < -0.4 is 0 Å². The standard InChI is InChI=1S/C7H12N2O/c1-7(10)4-2-3-5-9-6-8/h5-6,8H,2-4H2,1H3. The van der Waals surface area contributed by atoms with E-state index in [1.54, 1.807) is 13.1 Å². The van der Waals surface area contributed by atoms with E-state index in [4.69, 9.17) is 5.41 Å². The SMILES string of the molecule is CC(=O)CCCC=NC=N. The highest BCUT2D eigenvalue weighted by Gasteiger charge is 1.89. The summed E-state index contributed by atoms with van der Waals surface area (Å²) >= 11 is 0. The molecule has 0 aliphatic rings. The molecule has 0 aromatic heterocycles. The number of nitrogens with zero attached hydrogens (tertiary/aromatic N) is 1. The first kappa shape index (κ1) is 9.01. The summed E-state index contributed by atoms with van der Waals surface area (Å²) in [6, 6.07) is 0. The lowest BCUT2D eigenvalue weighted by molar-refractivity contribution is -0.117. The Balaban J connectivity index is 3.12. The lowest BCUT2D eigenvalue weighted by Gasteiger charge is -1.88. The third kappa shape index (κ3) is 7.01. The first-order valence-electron chi connectivity index (χ1n) is 3.27. The van der Waals surface area contributed by atoms with Crippen molar-refractivity contribution in [3.63, 3.8) is 0 Å². The van der Waals surface area contributed by atoms with Gasteiger partial charge in [-0.15, -0.1) is 0 Å². The van der Waals surface area contributed by atoms with Crippen LogP contribution in [0, 0.1) is 5.41 Å². The first-order valence-corrected chi connectivity index (χ1v) is 3.27. The van der Waals surface area contributed by atoms with Crippen LogP contribution in [-0.2, 0) is 4.79 Å². The number of hydrogen-bond acceptors (Lipinski definition) is 2. The van der Waals surface area contributed by atoms with E-state index in [9.17, 15) is 4.79 Å². The molecule has 0 aromatic carbocycles. The Labute approximate surface area is 60.7 Å². The van der Waals surface area contributed by atoms with Crippen molar-refractivity contribution in [2.24, 2.45) is 4.99 Å². The normalized spacial score (nSPS) is 10.1. The van der Waals surface area contributed by atoms with Crippen molar-refractivity contribution in [1.82, 2.24) is 0 Å². The van der Waals surface area contributed by atoms with Gasteiger partial charge in [-0.1, -0.05) is 0 Å². The summed E-state index contributed by atoms with van der Waals surface area (Å²) < 4.78 is 0. The largest absolute Gasteiger partial charge is 0.300 e. The zero-order valence-corrected chi connectivity index (χ0v) is 6.13. The molecule has 0 aromatic rings. The highest BCUT2D eigenvalue weighted by Crippen LogP contribution is 1.92. The number of unbranched alkanes of at least 4 members (excludes halogenated alkanes) is 1. The van der Waals surface area contributed by atoms with E-state index in [1.807, 2.05) is 0 Å². The van der Waals surface area contributed by atoms with E-state index in [-0.39, 0.29) is 5.78 Å². The summed E-state index contributed by atoms with van der Waals surface area (Å²) in [5.41, 5.74) is 0. The predicted octanol–water partition coefficient (Wildman–Crippen LogP) is 1.42. The summed E-state index contributed by atoms with van der Waals surface area (Å²) in [7, 11) is 0. The van der Waals surface area contributed by atoms with Crippen molar-refractivity contribution in [2.45, 2.75) is 26.2 Å². The van der Waals surface area contributed by atoms with E-state index < -0.39 is 0 Å². The van der Waals surface area contributed by atoms with Gasteiger partial charge in [0.1, 0.15) is 12.1 Å². The van der Waals surface area contributed by atoms with E-state index in [2.05, 4.69) is 4.99 Å². The van der Waals surface area contributed by atoms with Gasteiger partial charge in [0.15, 0.2) is 0 Å². The molecule has 0 aliphatic carbocycles. The molecule has 0 radical (unpaired) electrons. The molecule has 0 fully saturated rings. The number of ketones is 1. The number of aliphatic imine (C=N–C) groups is 1. The van der Waals surface area contributed by atoms with Crippen LogP contribution in [0.1, 0.15) is 26.2 Å². The molecule has 0 rings (SSSR count). The van der Waals surface area contributed by atoms with Crippen molar-refractivity contribution in [2.75, 3.05) is 0 Å². The zero-order valence-electron chi connectivity index (χ0n) is 6.13. The van der Waals surface area contributed by atoms with Gasteiger partial charge in [0, 0.05) is 12.6 Å². The zero-order chi connectivity index (χ0) is 7.82. The summed E-state index contributed by atoms with van der Waals surface area (Å²) in [5.74, 6) is 0.211. The highest BCUT2D eigenvalue weighted by molar-refractivity contribution is 5.76. The molecule has 0 heterocycles. The first-order chi connectivity index (χ1) is 4.77. The molecule has 0 unspecified atom stereocenters. The van der Waals surface area contributed by atoms with Crippen LogP contribution in [0.2, 0.25) is 0 Å². The second-order valence-electron chi connectivity index (χ2n) is 2.05. The number of carbonyl (C=O) groups is 1. The van der Waals surface area contributed by atoms with Crippen molar-refractivity contribution in [1.29, 1.82) is 5.41 Å². The second kappa shape index (κ2) is 6.13. The van der Waals surface area contributed by atoms with Crippen molar-refractivity contribution in [3.8, 4) is 0 Å². The summed E-state index contributed by atoms with van der Waals surface area (Å²) in [6.45, 7) is 1.58. The minimum Gasteiger partial charge on any atom is -0.300 e. The molecule has 56 valence electrons. The molecule has 3 heteroatoms. The van der Waals surface area contributed by atoms with Crippen LogP contribution in [0.5, 0.6) is 0 Å². The van der Waals surface area contributed by atoms with Crippen molar-refractivity contribution >= 4 is 18.3 Å². The van der Waals surface area contributed by atoms with Gasteiger partial charge in [0.05, 0.1) is 0 Å². The molecule has 10 heavy (non-hydrogen) atoms. The molecule has 1 N–H and O–H groups in total. The maximum Gasteiger partial charge on any atom is 0.129 e. The molecule has 0 saturated heterocycles. The lowest BCUT2D eigenvalue weighted by Crippen LogP contribution is -1.89. The van der Waals surface area contributed by atoms with Crippen molar-refractivity contribution < 1.29 is 4.79 Å². The van der Waals surface area contributed by atoms with Crippen LogP contribution in [-0.4, -0.2) is 18.3 Å². The van der Waals surface area contributed by atoms with Crippen LogP contribution in [0.3, 0.4) is 0 Å². The summed E-state index contributed by atoms with van der Waals surface area (Å²) in [6.07, 6.45) is 4.88. The van der Waals surface area contributed by atoms with E-state index in [1.165, 1.54) is 0 Å². The van der Waals surface area contributed by atoms with E-state index >= 15 is 0 Å². The summed E-state index contributed by atoms with van der Waals surface area (Å²) in [5, 5.41) is 6.53. The minimum atomic E-state index is 0.211.